The minimum absolute atomic E-state index is 0.0825. The Morgan fingerprint density at radius 3 is 2.58 bits per heavy atom. The third-order valence-corrected chi connectivity index (χ3v) is 5.05. The van der Waals surface area contributed by atoms with E-state index in [-0.39, 0.29) is 29.2 Å². The van der Waals surface area contributed by atoms with Crippen molar-refractivity contribution in [2.45, 2.75) is 59.0 Å². The second kappa shape index (κ2) is 8.32. The molecular weight excluding hydrogens is 405 g/mol. The molecule has 3 rings (SSSR count). The number of halogens is 3. The van der Waals surface area contributed by atoms with Crippen LogP contribution in [0.3, 0.4) is 0 Å². The quantitative estimate of drug-likeness (QED) is 0.557. The maximum atomic E-state index is 14.1. The number of nitrogens with zero attached hydrogens (tertiary/aromatic N) is 3. The molecular formula is C23H27F3N4O. The summed E-state index contributed by atoms with van der Waals surface area (Å²) in [4.78, 5) is 17.1. The van der Waals surface area contributed by atoms with E-state index >= 15 is 0 Å². The van der Waals surface area contributed by atoms with Crippen LogP contribution in [0.15, 0.2) is 36.5 Å². The number of amides is 1. The number of carbonyl (C=O) groups is 1. The van der Waals surface area contributed by atoms with E-state index < -0.39 is 23.2 Å². The Morgan fingerprint density at radius 2 is 1.94 bits per heavy atom. The summed E-state index contributed by atoms with van der Waals surface area (Å²) in [6, 6.07) is 7.47. The molecule has 0 aliphatic rings. The number of hydrogen-bond donors (Lipinski definition) is 1. The zero-order valence-electron chi connectivity index (χ0n) is 18.3. The lowest BCUT2D eigenvalue weighted by atomic mass is 9.90. The molecule has 0 aliphatic heterocycles. The Bertz CT molecular complexity index is 1100. The standard InChI is InChI=1S/C23H27F3N4O/c1-14(2)11-22(4,13-30-19(23(5,25)26)9-15(3)29-30)28-21(31)17-10-16-7-6-8-18(24)20(16)27-12-17/h6-10,12,14H,11,13H2,1-5H3,(H,28,31). The average Bonchev–Trinajstić information content (AvgIpc) is 3.00. The fourth-order valence-corrected chi connectivity index (χ4v) is 4.00. The van der Waals surface area contributed by atoms with Crippen LogP contribution in [0.25, 0.3) is 10.9 Å². The van der Waals surface area contributed by atoms with Crippen molar-refractivity contribution in [2.75, 3.05) is 0 Å². The highest BCUT2D eigenvalue weighted by Gasteiger charge is 2.35. The molecule has 1 unspecified atom stereocenters. The summed E-state index contributed by atoms with van der Waals surface area (Å²) in [6.45, 7) is 8.37. The van der Waals surface area contributed by atoms with E-state index in [0.29, 0.717) is 17.5 Å². The predicted molar refractivity (Wildman–Crippen MR) is 114 cm³/mol. The molecule has 0 saturated heterocycles. The summed E-state index contributed by atoms with van der Waals surface area (Å²) >= 11 is 0. The number of para-hydroxylation sites is 1. The van der Waals surface area contributed by atoms with E-state index in [4.69, 9.17) is 0 Å². The Balaban J connectivity index is 1.91. The average molecular weight is 432 g/mol. The molecule has 0 fully saturated rings. The van der Waals surface area contributed by atoms with Gasteiger partial charge in [-0.15, -0.1) is 0 Å². The van der Waals surface area contributed by atoms with Gasteiger partial charge in [0, 0.05) is 18.5 Å². The molecule has 1 aromatic carbocycles. The zero-order chi connectivity index (χ0) is 23.0. The van der Waals surface area contributed by atoms with E-state index in [0.717, 1.165) is 6.92 Å². The van der Waals surface area contributed by atoms with Gasteiger partial charge in [0.05, 0.1) is 23.3 Å². The number of nitrogens with one attached hydrogen (secondary N) is 1. The third kappa shape index (κ3) is 5.24. The maximum Gasteiger partial charge on any atom is 0.286 e. The maximum absolute atomic E-state index is 14.1. The topological polar surface area (TPSA) is 59.8 Å². The van der Waals surface area contributed by atoms with Crippen LogP contribution in [0.2, 0.25) is 0 Å². The van der Waals surface area contributed by atoms with Gasteiger partial charge in [-0.2, -0.15) is 13.9 Å². The third-order valence-electron chi connectivity index (χ3n) is 5.05. The number of aryl methyl sites for hydroxylation is 1. The van der Waals surface area contributed by atoms with Crippen LogP contribution in [0, 0.1) is 18.7 Å². The number of carbonyl (C=O) groups excluding carboxylic acids is 1. The van der Waals surface area contributed by atoms with Crippen molar-refractivity contribution < 1.29 is 18.0 Å². The van der Waals surface area contributed by atoms with Crippen LogP contribution in [0.5, 0.6) is 0 Å². The van der Waals surface area contributed by atoms with Gasteiger partial charge in [-0.1, -0.05) is 26.0 Å². The summed E-state index contributed by atoms with van der Waals surface area (Å²) in [6.07, 6.45) is 1.86. The summed E-state index contributed by atoms with van der Waals surface area (Å²) in [7, 11) is 0. The van der Waals surface area contributed by atoms with Gasteiger partial charge in [-0.25, -0.2) is 4.39 Å². The van der Waals surface area contributed by atoms with Crippen LogP contribution in [-0.4, -0.2) is 26.2 Å². The van der Waals surface area contributed by atoms with Gasteiger partial charge in [0.25, 0.3) is 11.8 Å². The van der Waals surface area contributed by atoms with Crippen LogP contribution < -0.4 is 5.32 Å². The highest BCUT2D eigenvalue weighted by Crippen LogP contribution is 2.30. The van der Waals surface area contributed by atoms with Crippen LogP contribution in [0.1, 0.15) is 55.9 Å². The Labute approximate surface area is 179 Å². The predicted octanol–water partition coefficient (Wildman–Crippen LogP) is 5.23. The molecule has 1 atom stereocenters. The number of benzene rings is 1. The van der Waals surface area contributed by atoms with Crippen molar-refractivity contribution >= 4 is 16.8 Å². The van der Waals surface area contributed by atoms with Gasteiger partial charge in [0.1, 0.15) is 17.0 Å². The molecule has 2 heterocycles. The highest BCUT2D eigenvalue weighted by atomic mass is 19.3. The molecule has 1 N–H and O–H groups in total. The fraction of sp³-hybridized carbons (Fsp3) is 0.435. The molecule has 2 aromatic heterocycles. The van der Waals surface area contributed by atoms with Gasteiger partial charge in [0.2, 0.25) is 0 Å². The monoisotopic (exact) mass is 432 g/mol. The van der Waals surface area contributed by atoms with Crippen molar-refractivity contribution in [3.8, 4) is 0 Å². The van der Waals surface area contributed by atoms with Crippen LogP contribution >= 0.6 is 0 Å². The van der Waals surface area contributed by atoms with E-state index in [9.17, 15) is 18.0 Å². The number of alkyl halides is 2. The molecule has 0 bridgehead atoms. The van der Waals surface area contributed by atoms with Crippen molar-refractivity contribution in [3.63, 3.8) is 0 Å². The van der Waals surface area contributed by atoms with Gasteiger partial charge in [-0.05, 0) is 44.4 Å². The summed E-state index contributed by atoms with van der Waals surface area (Å²) in [5.41, 5.74) is -0.107. The molecule has 0 spiro atoms. The first-order valence-electron chi connectivity index (χ1n) is 10.2. The van der Waals surface area contributed by atoms with Crippen molar-refractivity contribution in [2.24, 2.45) is 5.92 Å². The smallest absolute Gasteiger partial charge is 0.286 e. The fourth-order valence-electron chi connectivity index (χ4n) is 4.00. The van der Waals surface area contributed by atoms with Crippen molar-refractivity contribution in [3.05, 3.63) is 59.3 Å². The lowest BCUT2D eigenvalue weighted by Crippen LogP contribution is -2.50. The van der Waals surface area contributed by atoms with E-state index in [1.165, 1.54) is 23.0 Å². The molecule has 0 radical (unpaired) electrons. The number of pyridine rings is 1. The number of fused-ring (bicyclic) bond motifs is 1. The largest absolute Gasteiger partial charge is 0.345 e. The Hall–Kier alpha value is -2.90. The number of hydrogen-bond acceptors (Lipinski definition) is 3. The molecule has 3 aromatic rings. The zero-order valence-corrected chi connectivity index (χ0v) is 18.3. The Morgan fingerprint density at radius 1 is 1.23 bits per heavy atom. The van der Waals surface area contributed by atoms with Crippen LogP contribution in [-0.2, 0) is 12.5 Å². The highest BCUT2D eigenvalue weighted by molar-refractivity contribution is 5.97. The molecule has 0 aliphatic carbocycles. The van der Waals surface area contributed by atoms with Gasteiger partial charge < -0.3 is 5.32 Å². The Kier molecular flexibility index (Phi) is 6.11. The van der Waals surface area contributed by atoms with E-state index in [1.807, 2.05) is 20.8 Å². The molecule has 5 nitrogen and oxygen atoms in total. The summed E-state index contributed by atoms with van der Waals surface area (Å²) < 4.78 is 43.3. The van der Waals surface area contributed by atoms with Gasteiger partial charge in [-0.3, -0.25) is 14.5 Å². The molecule has 8 heteroatoms. The normalized spacial score (nSPS) is 14.1. The first-order chi connectivity index (χ1) is 14.4. The minimum atomic E-state index is -3.06. The second-order valence-corrected chi connectivity index (χ2v) is 8.87. The minimum Gasteiger partial charge on any atom is -0.345 e. The van der Waals surface area contributed by atoms with Gasteiger partial charge >= 0.3 is 0 Å². The SMILES string of the molecule is Cc1cc(C(C)(F)F)n(CC(C)(CC(C)C)NC(=O)c2cnc3c(F)cccc3c2)n1. The lowest BCUT2D eigenvalue weighted by Gasteiger charge is -2.33. The number of aromatic nitrogens is 3. The lowest BCUT2D eigenvalue weighted by molar-refractivity contribution is 0.00627. The molecule has 1 amide bonds. The molecule has 31 heavy (non-hydrogen) atoms. The van der Waals surface area contributed by atoms with Crippen LogP contribution in [0.4, 0.5) is 13.2 Å². The summed E-state index contributed by atoms with van der Waals surface area (Å²) in [5, 5.41) is 7.72. The molecule has 0 saturated carbocycles. The van der Waals surface area contributed by atoms with Gasteiger partial charge in [0.15, 0.2) is 0 Å². The molecule has 166 valence electrons. The van der Waals surface area contributed by atoms with E-state index in [1.54, 1.807) is 25.1 Å². The van der Waals surface area contributed by atoms with Crippen molar-refractivity contribution in [1.29, 1.82) is 0 Å². The summed E-state index contributed by atoms with van der Waals surface area (Å²) in [5.74, 6) is -3.74. The van der Waals surface area contributed by atoms with Crippen molar-refractivity contribution in [1.82, 2.24) is 20.1 Å². The first kappa shape index (κ1) is 22.8. The first-order valence-corrected chi connectivity index (χ1v) is 10.2. The number of rotatable bonds is 7. The second-order valence-electron chi connectivity index (χ2n) is 8.87. The van der Waals surface area contributed by atoms with E-state index in [2.05, 4.69) is 15.4 Å².